The number of unbranched alkanes of at least 4 members (excludes halogenated alkanes) is 9. The van der Waals surface area contributed by atoms with E-state index in [0.29, 0.717) is 18.1 Å². The van der Waals surface area contributed by atoms with Gasteiger partial charge in [0.15, 0.2) is 12.3 Å². The molecule has 68 heavy (non-hydrogen) atoms. The number of carbonyl (C=O) groups excluding carboxylic acids is 1. The van der Waals surface area contributed by atoms with E-state index in [2.05, 4.69) is 36.2 Å². The second kappa shape index (κ2) is 29.2. The van der Waals surface area contributed by atoms with E-state index in [1.54, 1.807) is 14.2 Å². The van der Waals surface area contributed by atoms with Crippen LogP contribution in [0.1, 0.15) is 120 Å². The third kappa shape index (κ3) is 16.2. The summed E-state index contributed by atoms with van der Waals surface area (Å²) in [6, 6.07) is 25.7. The molecule has 2 N–H and O–H groups in total. The number of ether oxygens (including phenoxy) is 7. The number of carboxylic acids is 1. The maximum atomic E-state index is 13.4. The standard InChI is InChI=1S/C54H70N2O12/c1-4-5-6-7-8-9-10-11-12-13-14-15-16-17-18-22-37-64-38-39-65-51-50(68-49(60)34-33-48(58)59)46(67-52(51)56-36-35-47(57)55-53(56)61)40-66-54(41-23-20-19-21-24-41,42-25-29-44(62-2)30-26-42)43-27-31-45(63-3)32-28-43/h8-9,11-12,19-21,23-32,35-36,46,50-52H,4-7,10,13-18,22,33-34,37-40H2,1-3H3,(H,58,59)(H,55,57,61)/b9-8-,12-11-/t46-,50?,51?,52-/m1/s1. The zero-order valence-electron chi connectivity index (χ0n) is 39.9. The van der Waals surface area contributed by atoms with Crippen LogP contribution in [0, 0.1) is 0 Å². The third-order valence-electron chi connectivity index (χ3n) is 11.9. The van der Waals surface area contributed by atoms with E-state index in [4.69, 9.17) is 33.2 Å². The average molecular weight is 939 g/mol. The minimum absolute atomic E-state index is 0.0488. The van der Waals surface area contributed by atoms with Crippen molar-refractivity contribution in [2.75, 3.05) is 40.6 Å². The molecular weight excluding hydrogens is 869 g/mol. The van der Waals surface area contributed by atoms with Gasteiger partial charge in [-0.1, -0.05) is 124 Å². The smallest absolute Gasteiger partial charge is 0.330 e. The Labute approximate surface area is 400 Å². The van der Waals surface area contributed by atoms with Crippen molar-refractivity contribution in [2.24, 2.45) is 0 Å². The highest BCUT2D eigenvalue weighted by molar-refractivity contribution is 5.76. The van der Waals surface area contributed by atoms with Gasteiger partial charge >= 0.3 is 17.6 Å². The van der Waals surface area contributed by atoms with Crippen molar-refractivity contribution in [3.05, 3.63) is 153 Å². The predicted octanol–water partition coefficient (Wildman–Crippen LogP) is 9.45. The van der Waals surface area contributed by atoms with E-state index in [-0.39, 0.29) is 19.8 Å². The first-order valence-electron chi connectivity index (χ1n) is 24.1. The zero-order valence-corrected chi connectivity index (χ0v) is 39.9. The Bertz CT molecular complexity index is 2210. The number of aromatic amines is 1. The van der Waals surface area contributed by atoms with Crippen LogP contribution in [-0.2, 0) is 38.9 Å². The summed E-state index contributed by atoms with van der Waals surface area (Å²) in [6.45, 7) is 2.79. The summed E-state index contributed by atoms with van der Waals surface area (Å²) in [6.07, 6.45) is 18.6. The molecule has 5 rings (SSSR count). The number of H-pyrrole nitrogens is 1. The van der Waals surface area contributed by atoms with Crippen LogP contribution in [-0.4, -0.2) is 85.6 Å². The first-order valence-corrected chi connectivity index (χ1v) is 24.1. The van der Waals surface area contributed by atoms with Crippen LogP contribution in [0.3, 0.4) is 0 Å². The van der Waals surface area contributed by atoms with E-state index in [1.807, 2.05) is 78.9 Å². The lowest BCUT2D eigenvalue weighted by Crippen LogP contribution is -2.43. The largest absolute Gasteiger partial charge is 0.497 e. The fourth-order valence-electron chi connectivity index (χ4n) is 8.25. The van der Waals surface area contributed by atoms with Gasteiger partial charge in [0.25, 0.3) is 5.56 Å². The molecule has 0 spiro atoms. The number of nitrogens with zero attached hydrogens (tertiary/aromatic N) is 1. The molecule has 2 unspecified atom stereocenters. The van der Waals surface area contributed by atoms with Crippen LogP contribution < -0.4 is 20.7 Å². The van der Waals surface area contributed by atoms with Gasteiger partial charge in [0.05, 0.1) is 46.9 Å². The van der Waals surface area contributed by atoms with Gasteiger partial charge in [0.1, 0.15) is 29.3 Å². The fraction of sp³-hybridized carbons (Fsp3) is 0.481. The van der Waals surface area contributed by atoms with E-state index >= 15 is 0 Å². The maximum absolute atomic E-state index is 13.4. The van der Waals surface area contributed by atoms with Crippen LogP contribution in [0.2, 0.25) is 0 Å². The van der Waals surface area contributed by atoms with Crippen LogP contribution in [0.25, 0.3) is 0 Å². The minimum Gasteiger partial charge on any atom is -0.497 e. The molecule has 0 aliphatic carbocycles. The van der Waals surface area contributed by atoms with Crippen molar-refractivity contribution in [3.63, 3.8) is 0 Å². The molecule has 1 aliphatic heterocycles. The topological polar surface area (TPSA) is 174 Å². The average Bonchev–Trinajstić information content (AvgIpc) is 3.68. The molecule has 3 aromatic carbocycles. The van der Waals surface area contributed by atoms with Crippen LogP contribution in [0.4, 0.5) is 0 Å². The number of aliphatic carboxylic acids is 1. The number of methoxy groups -OCH3 is 2. The summed E-state index contributed by atoms with van der Waals surface area (Å²) < 4.78 is 44.3. The second-order valence-corrected chi connectivity index (χ2v) is 16.8. The quantitative estimate of drug-likeness (QED) is 0.0206. The molecule has 0 radical (unpaired) electrons. The molecule has 0 saturated carbocycles. The van der Waals surface area contributed by atoms with Crippen molar-refractivity contribution in [1.29, 1.82) is 0 Å². The molecule has 4 atom stereocenters. The number of carboxylic acid groups (broad SMARTS) is 1. The lowest BCUT2D eigenvalue weighted by molar-refractivity contribution is -0.162. The van der Waals surface area contributed by atoms with E-state index in [9.17, 15) is 24.3 Å². The molecule has 2 heterocycles. The molecule has 0 amide bonds. The normalized spacial score (nSPS) is 17.2. The maximum Gasteiger partial charge on any atom is 0.330 e. The summed E-state index contributed by atoms with van der Waals surface area (Å²) >= 11 is 0. The first kappa shape index (κ1) is 53.2. The number of esters is 1. The molecule has 1 saturated heterocycles. The number of nitrogens with one attached hydrogen (secondary N) is 1. The van der Waals surface area contributed by atoms with Gasteiger partial charge in [0.2, 0.25) is 0 Å². The summed E-state index contributed by atoms with van der Waals surface area (Å²) in [5.74, 6) is -0.698. The van der Waals surface area contributed by atoms with Gasteiger partial charge in [-0.05, 0) is 79.5 Å². The fourth-order valence-corrected chi connectivity index (χ4v) is 8.25. The zero-order chi connectivity index (χ0) is 48.4. The lowest BCUT2D eigenvalue weighted by Gasteiger charge is -2.37. The molecule has 14 nitrogen and oxygen atoms in total. The molecule has 4 aromatic rings. The molecule has 1 aliphatic rings. The predicted molar refractivity (Wildman–Crippen MR) is 260 cm³/mol. The number of aromatic nitrogens is 2. The van der Waals surface area contributed by atoms with Crippen LogP contribution in [0.15, 0.2) is 125 Å². The summed E-state index contributed by atoms with van der Waals surface area (Å²) in [5.41, 5.74) is -0.428. The number of hydrogen-bond donors (Lipinski definition) is 2. The Balaban J connectivity index is 1.29. The minimum atomic E-state index is -1.29. The summed E-state index contributed by atoms with van der Waals surface area (Å²) in [5, 5.41) is 9.39. The Hall–Kier alpha value is -5.80. The van der Waals surface area contributed by atoms with Gasteiger partial charge in [-0.15, -0.1) is 0 Å². The van der Waals surface area contributed by atoms with Crippen molar-refractivity contribution < 1.29 is 47.9 Å². The first-order chi connectivity index (χ1) is 33.2. The molecule has 14 heteroatoms. The molecular formula is C54H70N2O12. The summed E-state index contributed by atoms with van der Waals surface area (Å²) in [7, 11) is 3.17. The number of carbonyl (C=O) groups is 2. The number of allylic oxidation sites excluding steroid dienone is 4. The third-order valence-corrected chi connectivity index (χ3v) is 11.9. The molecule has 1 fully saturated rings. The van der Waals surface area contributed by atoms with Crippen LogP contribution >= 0.6 is 0 Å². The Morgan fingerprint density at radius 3 is 1.91 bits per heavy atom. The molecule has 1 aromatic heterocycles. The lowest BCUT2D eigenvalue weighted by atomic mass is 9.80. The Morgan fingerprint density at radius 1 is 0.706 bits per heavy atom. The Morgan fingerprint density at radius 2 is 1.31 bits per heavy atom. The van der Waals surface area contributed by atoms with Crippen molar-refractivity contribution in [3.8, 4) is 11.5 Å². The number of rotatable bonds is 32. The van der Waals surface area contributed by atoms with E-state index in [0.717, 1.165) is 48.8 Å². The van der Waals surface area contributed by atoms with Gasteiger partial charge in [-0.2, -0.15) is 0 Å². The molecule has 368 valence electrons. The van der Waals surface area contributed by atoms with Gasteiger partial charge in [-0.25, -0.2) is 4.79 Å². The Kier molecular flexibility index (Phi) is 22.8. The van der Waals surface area contributed by atoms with E-state index < -0.39 is 66.2 Å². The second-order valence-electron chi connectivity index (χ2n) is 16.8. The SMILES string of the molecule is CCCCC/C=C\C/C=C\CCCCCCCCOCCOC1C(OC(=O)CCC(=O)O)[C@@H](COC(c2ccccc2)(c2ccc(OC)cc2)c2ccc(OC)cc2)O[C@H]1n1ccc(=O)[nH]c1=O. The van der Waals surface area contributed by atoms with Gasteiger partial charge in [0, 0.05) is 18.9 Å². The van der Waals surface area contributed by atoms with Gasteiger partial charge < -0.3 is 38.3 Å². The molecule has 0 bridgehead atoms. The van der Waals surface area contributed by atoms with Crippen molar-refractivity contribution in [1.82, 2.24) is 9.55 Å². The van der Waals surface area contributed by atoms with E-state index in [1.165, 1.54) is 61.8 Å². The number of hydrogen-bond acceptors (Lipinski definition) is 11. The highest BCUT2D eigenvalue weighted by atomic mass is 16.6. The van der Waals surface area contributed by atoms with Gasteiger partial charge in [-0.3, -0.25) is 23.9 Å². The monoisotopic (exact) mass is 938 g/mol. The van der Waals surface area contributed by atoms with Crippen LogP contribution in [0.5, 0.6) is 11.5 Å². The number of benzene rings is 3. The summed E-state index contributed by atoms with van der Waals surface area (Å²) in [4.78, 5) is 52.7. The van der Waals surface area contributed by atoms with Crippen molar-refractivity contribution >= 4 is 11.9 Å². The highest BCUT2D eigenvalue weighted by Crippen LogP contribution is 2.43. The van der Waals surface area contributed by atoms with Crippen molar-refractivity contribution in [2.45, 2.75) is 127 Å². The highest BCUT2D eigenvalue weighted by Gasteiger charge is 2.51.